The number of nitrogens with zero attached hydrogens (tertiary/aromatic N) is 4. The molecule has 2 fully saturated rings. The quantitative estimate of drug-likeness (QED) is 0.563. The normalized spacial score (nSPS) is 23.2. The monoisotopic (exact) mass is 542 g/mol. The summed E-state index contributed by atoms with van der Waals surface area (Å²) in [6.07, 6.45) is 3.50. The third kappa shape index (κ3) is 4.80. The van der Waals surface area contributed by atoms with Crippen LogP contribution in [0.1, 0.15) is 51.8 Å². The summed E-state index contributed by atoms with van der Waals surface area (Å²) >= 11 is 0. The van der Waals surface area contributed by atoms with Crippen LogP contribution in [0.2, 0.25) is 0 Å². The molecule has 5 atom stereocenters. The summed E-state index contributed by atoms with van der Waals surface area (Å²) in [7, 11) is 0. The molecule has 206 valence electrons. The molecule has 9 nitrogen and oxygen atoms in total. The van der Waals surface area contributed by atoms with Gasteiger partial charge in [0, 0.05) is 18.3 Å². The summed E-state index contributed by atoms with van der Waals surface area (Å²) in [5.41, 5.74) is -0.0763. The molecule has 3 heterocycles. The Labute approximate surface area is 223 Å². The van der Waals surface area contributed by atoms with Gasteiger partial charge in [-0.15, -0.1) is 6.42 Å². The molecule has 1 aliphatic heterocycles. The van der Waals surface area contributed by atoms with Gasteiger partial charge >= 0.3 is 12.1 Å². The molecule has 0 aromatic carbocycles. The predicted octanol–water partition coefficient (Wildman–Crippen LogP) is 2.57. The Bertz CT molecular complexity index is 1430. The van der Waals surface area contributed by atoms with Crippen molar-refractivity contribution in [3.8, 4) is 18.4 Å². The molecule has 0 radical (unpaired) electrons. The Morgan fingerprint density at radius 2 is 1.90 bits per heavy atom. The van der Waals surface area contributed by atoms with Gasteiger partial charge in [0.25, 0.3) is 0 Å². The fourth-order valence-corrected chi connectivity index (χ4v) is 5.64. The predicted molar refractivity (Wildman–Crippen MR) is 133 cm³/mol. The first-order valence-electron chi connectivity index (χ1n) is 12.3. The van der Waals surface area contributed by atoms with E-state index in [1.54, 1.807) is 18.3 Å². The maximum atomic E-state index is 13.7. The van der Waals surface area contributed by atoms with Crippen molar-refractivity contribution >= 4 is 23.2 Å². The summed E-state index contributed by atoms with van der Waals surface area (Å²) in [4.78, 5) is 40.4. The second kappa shape index (κ2) is 9.30. The number of pyridine rings is 1. The number of piperidine rings is 1. The molecule has 0 spiro atoms. The molecule has 1 aliphatic carbocycles. The fraction of sp³-hybridized carbons (Fsp3) is 0.519. The zero-order valence-electron chi connectivity index (χ0n) is 22.1. The van der Waals surface area contributed by atoms with Gasteiger partial charge in [-0.25, -0.2) is 4.52 Å². The van der Waals surface area contributed by atoms with Crippen molar-refractivity contribution in [2.24, 2.45) is 22.7 Å². The van der Waals surface area contributed by atoms with Gasteiger partial charge in [0.05, 0.1) is 23.3 Å². The van der Waals surface area contributed by atoms with Crippen molar-refractivity contribution in [1.82, 2.24) is 25.1 Å². The van der Waals surface area contributed by atoms with Crippen molar-refractivity contribution in [3.63, 3.8) is 0 Å². The van der Waals surface area contributed by atoms with E-state index in [9.17, 15) is 32.8 Å². The van der Waals surface area contributed by atoms with Gasteiger partial charge in [0.1, 0.15) is 18.1 Å². The Kier molecular flexibility index (Phi) is 6.66. The third-order valence-corrected chi connectivity index (χ3v) is 7.86. The molecule has 12 heteroatoms. The average Bonchev–Trinajstić information content (AvgIpc) is 3.22. The number of nitriles is 1. The van der Waals surface area contributed by atoms with Gasteiger partial charge in [0.2, 0.25) is 11.8 Å². The number of likely N-dealkylation sites (tertiary alicyclic amines) is 1. The van der Waals surface area contributed by atoms with Crippen LogP contribution >= 0.6 is 0 Å². The highest BCUT2D eigenvalue weighted by Crippen LogP contribution is 2.65. The molecule has 2 N–H and O–H groups in total. The number of alkyl halides is 3. The van der Waals surface area contributed by atoms with Gasteiger partial charge < -0.3 is 15.5 Å². The minimum atomic E-state index is -5.18. The molecule has 3 amide bonds. The number of terminal acetylenes is 1. The number of carbonyl (C=O) groups is 3. The van der Waals surface area contributed by atoms with E-state index in [2.05, 4.69) is 16.3 Å². The summed E-state index contributed by atoms with van der Waals surface area (Å²) in [5, 5.41) is 18.7. The Balaban J connectivity index is 1.65. The van der Waals surface area contributed by atoms with Gasteiger partial charge in [-0.3, -0.25) is 14.4 Å². The highest BCUT2D eigenvalue weighted by molar-refractivity contribution is 5.95. The first-order valence-corrected chi connectivity index (χ1v) is 12.3. The number of hydrogen-bond acceptors (Lipinski definition) is 5. The Hall–Kier alpha value is -4.06. The Morgan fingerprint density at radius 3 is 2.46 bits per heavy atom. The highest BCUT2D eigenvalue weighted by atomic mass is 19.4. The lowest BCUT2D eigenvalue weighted by molar-refractivity contribution is -0.176. The van der Waals surface area contributed by atoms with E-state index in [0.717, 1.165) is 0 Å². The van der Waals surface area contributed by atoms with E-state index in [1.165, 1.54) is 36.4 Å². The van der Waals surface area contributed by atoms with Crippen LogP contribution in [0.4, 0.5) is 13.2 Å². The molecule has 2 aromatic heterocycles. The number of hydrogen-bond donors (Lipinski definition) is 2. The fourth-order valence-electron chi connectivity index (χ4n) is 5.64. The molecular formula is C27H29F3N6O3. The zero-order chi connectivity index (χ0) is 29.1. The SMILES string of the molecule is C#Cc1cccn2ncc(C(C#N)NC(=O)C3C4C(CN3C(=O)C(NC(=O)C(F)(F)F)C(C)(C)C)C4(C)C)c12. The van der Waals surface area contributed by atoms with E-state index >= 15 is 0 Å². The molecule has 0 bridgehead atoms. The number of amides is 3. The molecule has 5 unspecified atom stereocenters. The van der Waals surface area contributed by atoms with Gasteiger partial charge in [0.15, 0.2) is 0 Å². The average molecular weight is 543 g/mol. The van der Waals surface area contributed by atoms with Crippen LogP contribution in [-0.2, 0) is 14.4 Å². The maximum absolute atomic E-state index is 13.7. The summed E-state index contributed by atoms with van der Waals surface area (Å²) in [6.45, 7) is 8.62. The minimum absolute atomic E-state index is 0.0679. The molecule has 1 saturated carbocycles. The van der Waals surface area contributed by atoms with E-state index in [4.69, 9.17) is 6.42 Å². The molecule has 2 aliphatic rings. The van der Waals surface area contributed by atoms with E-state index in [0.29, 0.717) is 16.6 Å². The highest BCUT2D eigenvalue weighted by Gasteiger charge is 2.70. The van der Waals surface area contributed by atoms with Crippen LogP contribution in [0.3, 0.4) is 0 Å². The molecule has 1 saturated heterocycles. The minimum Gasteiger partial charge on any atom is -0.336 e. The standard InChI is InChI=1S/C27H29F3N6O3/c1-7-14-9-8-10-36-19(14)15(12-32-36)17(11-31)33-22(37)20-18-16(26(18,5)6)13-35(20)23(38)21(25(2,3)4)34-24(39)27(28,29)30/h1,8-10,12,16-18,20-21H,13H2,2-6H3,(H,33,37)(H,34,39). The van der Waals surface area contributed by atoms with Crippen LogP contribution < -0.4 is 10.6 Å². The number of aromatic nitrogens is 2. The van der Waals surface area contributed by atoms with Crippen LogP contribution in [0, 0.1) is 46.3 Å². The van der Waals surface area contributed by atoms with Crippen LogP contribution in [0.5, 0.6) is 0 Å². The van der Waals surface area contributed by atoms with Gasteiger partial charge in [-0.1, -0.05) is 40.5 Å². The summed E-state index contributed by atoms with van der Waals surface area (Å²) in [6, 6.07) is 1.67. The van der Waals surface area contributed by atoms with Crippen molar-refractivity contribution in [1.29, 1.82) is 5.26 Å². The number of rotatable bonds is 5. The topological polar surface area (TPSA) is 120 Å². The lowest BCUT2D eigenvalue weighted by atomic mass is 9.85. The lowest BCUT2D eigenvalue weighted by Gasteiger charge is -2.37. The third-order valence-electron chi connectivity index (χ3n) is 7.86. The second-order valence-corrected chi connectivity index (χ2v) is 11.7. The van der Waals surface area contributed by atoms with E-state index in [-0.39, 0.29) is 23.8 Å². The summed E-state index contributed by atoms with van der Waals surface area (Å²) < 4.78 is 40.6. The first-order chi connectivity index (χ1) is 18.0. The van der Waals surface area contributed by atoms with E-state index in [1.807, 2.05) is 25.2 Å². The number of carbonyl (C=O) groups excluding carboxylic acids is 3. The van der Waals surface area contributed by atoms with Crippen LogP contribution in [-0.4, -0.2) is 57.0 Å². The smallest absolute Gasteiger partial charge is 0.336 e. The number of nitrogens with one attached hydrogen (secondary N) is 2. The van der Waals surface area contributed by atoms with Crippen molar-refractivity contribution < 1.29 is 27.6 Å². The van der Waals surface area contributed by atoms with Crippen LogP contribution in [0.15, 0.2) is 24.5 Å². The van der Waals surface area contributed by atoms with E-state index < -0.39 is 47.4 Å². The summed E-state index contributed by atoms with van der Waals surface area (Å²) in [5.74, 6) is -1.46. The largest absolute Gasteiger partial charge is 0.471 e. The van der Waals surface area contributed by atoms with Crippen LogP contribution in [0.25, 0.3) is 5.52 Å². The van der Waals surface area contributed by atoms with Gasteiger partial charge in [-0.05, 0) is 34.8 Å². The first kappa shape index (κ1) is 28.0. The number of fused-ring (bicyclic) bond motifs is 2. The zero-order valence-corrected chi connectivity index (χ0v) is 22.1. The molecular weight excluding hydrogens is 513 g/mol. The van der Waals surface area contributed by atoms with Crippen molar-refractivity contribution in [2.45, 2.75) is 58.9 Å². The molecule has 39 heavy (non-hydrogen) atoms. The second-order valence-electron chi connectivity index (χ2n) is 11.7. The van der Waals surface area contributed by atoms with Crippen molar-refractivity contribution in [3.05, 3.63) is 35.7 Å². The molecule has 2 aromatic rings. The van der Waals surface area contributed by atoms with Crippen molar-refractivity contribution in [2.75, 3.05) is 6.54 Å². The maximum Gasteiger partial charge on any atom is 0.471 e. The number of halogens is 3. The molecule has 4 rings (SSSR count). The van der Waals surface area contributed by atoms with Gasteiger partial charge in [-0.2, -0.15) is 23.5 Å². The Morgan fingerprint density at radius 1 is 1.23 bits per heavy atom. The lowest BCUT2D eigenvalue weighted by Crippen LogP contribution is -2.60.